The van der Waals surface area contributed by atoms with Gasteiger partial charge in [0.05, 0.1) is 25.9 Å². The SMILES string of the molecule is CCOc1ccccc1Nc1nc(C)cc(NCCOc2ccc(OC)cc2)n1. The van der Waals surface area contributed by atoms with Crippen molar-refractivity contribution < 1.29 is 14.2 Å². The van der Waals surface area contributed by atoms with Gasteiger partial charge in [-0.3, -0.25) is 0 Å². The number of ether oxygens (including phenoxy) is 3. The van der Waals surface area contributed by atoms with Gasteiger partial charge in [0.15, 0.2) is 0 Å². The fourth-order valence-electron chi connectivity index (χ4n) is 2.71. The number of nitrogens with zero attached hydrogens (tertiary/aromatic N) is 2. The maximum atomic E-state index is 5.73. The molecule has 0 radical (unpaired) electrons. The van der Waals surface area contributed by atoms with Crippen LogP contribution in [-0.4, -0.2) is 36.8 Å². The first-order chi connectivity index (χ1) is 14.2. The lowest BCUT2D eigenvalue weighted by Gasteiger charge is -2.13. The van der Waals surface area contributed by atoms with Crippen molar-refractivity contribution in [3.63, 3.8) is 0 Å². The highest BCUT2D eigenvalue weighted by Gasteiger charge is 2.07. The molecule has 0 fully saturated rings. The zero-order chi connectivity index (χ0) is 20.5. The van der Waals surface area contributed by atoms with E-state index in [1.165, 1.54) is 0 Å². The summed E-state index contributed by atoms with van der Waals surface area (Å²) in [5.74, 6) is 3.60. The van der Waals surface area contributed by atoms with Gasteiger partial charge in [0.2, 0.25) is 5.95 Å². The van der Waals surface area contributed by atoms with Crippen molar-refractivity contribution in [3.05, 3.63) is 60.3 Å². The maximum absolute atomic E-state index is 5.73. The van der Waals surface area contributed by atoms with Crippen molar-refractivity contribution in [3.8, 4) is 17.2 Å². The average Bonchev–Trinajstić information content (AvgIpc) is 2.73. The Kier molecular flexibility index (Phi) is 7.10. The zero-order valence-corrected chi connectivity index (χ0v) is 16.9. The van der Waals surface area contributed by atoms with E-state index in [-0.39, 0.29) is 0 Å². The first-order valence-corrected chi connectivity index (χ1v) is 9.53. The third kappa shape index (κ3) is 6.00. The molecule has 0 saturated carbocycles. The summed E-state index contributed by atoms with van der Waals surface area (Å²) < 4.78 is 16.5. The molecule has 1 heterocycles. The van der Waals surface area contributed by atoms with E-state index in [1.807, 2.05) is 68.4 Å². The molecular formula is C22H26N4O3. The molecule has 29 heavy (non-hydrogen) atoms. The number of methoxy groups -OCH3 is 1. The molecule has 0 aliphatic heterocycles. The summed E-state index contributed by atoms with van der Waals surface area (Å²) in [6, 6.07) is 17.1. The van der Waals surface area contributed by atoms with Crippen LogP contribution in [0.25, 0.3) is 0 Å². The molecule has 152 valence electrons. The molecule has 0 saturated heterocycles. The summed E-state index contributed by atoms with van der Waals surface area (Å²) in [5.41, 5.74) is 1.68. The van der Waals surface area contributed by atoms with E-state index in [4.69, 9.17) is 14.2 Å². The lowest BCUT2D eigenvalue weighted by Crippen LogP contribution is -2.13. The number of aromatic nitrogens is 2. The van der Waals surface area contributed by atoms with Crippen LogP contribution < -0.4 is 24.8 Å². The molecule has 2 N–H and O–H groups in total. The van der Waals surface area contributed by atoms with Crippen molar-refractivity contribution >= 4 is 17.5 Å². The topological polar surface area (TPSA) is 77.5 Å². The van der Waals surface area contributed by atoms with Gasteiger partial charge in [-0.25, -0.2) is 4.98 Å². The van der Waals surface area contributed by atoms with Gasteiger partial charge in [0.25, 0.3) is 0 Å². The van der Waals surface area contributed by atoms with Crippen LogP contribution in [-0.2, 0) is 0 Å². The molecule has 7 heteroatoms. The number of nitrogens with one attached hydrogen (secondary N) is 2. The Balaban J connectivity index is 1.57. The van der Waals surface area contributed by atoms with Crippen LogP contribution in [0.2, 0.25) is 0 Å². The Labute approximate surface area is 171 Å². The molecule has 3 rings (SSSR count). The minimum absolute atomic E-state index is 0.505. The molecule has 3 aromatic rings. The van der Waals surface area contributed by atoms with Gasteiger partial charge in [0.1, 0.15) is 29.7 Å². The summed E-state index contributed by atoms with van der Waals surface area (Å²) in [6.45, 7) is 5.59. The Hall–Kier alpha value is -3.48. The highest BCUT2D eigenvalue weighted by atomic mass is 16.5. The van der Waals surface area contributed by atoms with Crippen LogP contribution in [0, 0.1) is 6.92 Å². The van der Waals surface area contributed by atoms with Crippen LogP contribution in [0.15, 0.2) is 54.6 Å². The standard InChI is InChI=1S/C22H26N4O3/c1-4-28-20-8-6-5-7-19(20)25-22-24-16(2)15-21(26-22)23-13-14-29-18-11-9-17(27-3)10-12-18/h5-12,15H,4,13-14H2,1-3H3,(H2,23,24,25,26). The largest absolute Gasteiger partial charge is 0.497 e. The molecule has 0 aliphatic rings. The maximum Gasteiger partial charge on any atom is 0.229 e. The van der Waals surface area contributed by atoms with E-state index in [9.17, 15) is 0 Å². The Morgan fingerprint density at radius 2 is 1.69 bits per heavy atom. The second kappa shape index (κ2) is 10.2. The summed E-state index contributed by atoms with van der Waals surface area (Å²) in [5, 5.41) is 6.51. The Bertz CT molecular complexity index is 916. The minimum atomic E-state index is 0.505. The number of hydrogen-bond acceptors (Lipinski definition) is 7. The normalized spacial score (nSPS) is 10.3. The number of benzene rings is 2. The highest BCUT2D eigenvalue weighted by molar-refractivity contribution is 5.63. The van der Waals surface area contributed by atoms with E-state index >= 15 is 0 Å². The van der Waals surface area contributed by atoms with E-state index in [1.54, 1.807) is 7.11 Å². The summed E-state index contributed by atoms with van der Waals surface area (Å²) in [4.78, 5) is 9.00. The second-order valence-electron chi connectivity index (χ2n) is 6.22. The molecule has 0 unspecified atom stereocenters. The van der Waals surface area contributed by atoms with Gasteiger partial charge in [-0.2, -0.15) is 4.98 Å². The monoisotopic (exact) mass is 394 g/mol. The van der Waals surface area contributed by atoms with E-state index in [2.05, 4.69) is 20.6 Å². The molecule has 0 bridgehead atoms. The van der Waals surface area contributed by atoms with Crippen molar-refractivity contribution in [2.75, 3.05) is 37.5 Å². The first-order valence-electron chi connectivity index (χ1n) is 9.53. The summed E-state index contributed by atoms with van der Waals surface area (Å²) in [7, 11) is 1.64. The van der Waals surface area contributed by atoms with Crippen molar-refractivity contribution in [2.45, 2.75) is 13.8 Å². The van der Waals surface area contributed by atoms with Gasteiger partial charge in [-0.15, -0.1) is 0 Å². The molecule has 0 amide bonds. The number of rotatable bonds is 10. The van der Waals surface area contributed by atoms with E-state index < -0.39 is 0 Å². The van der Waals surface area contributed by atoms with Gasteiger partial charge >= 0.3 is 0 Å². The minimum Gasteiger partial charge on any atom is -0.497 e. The fraction of sp³-hybridized carbons (Fsp3) is 0.273. The van der Waals surface area contributed by atoms with Gasteiger partial charge < -0.3 is 24.8 Å². The Morgan fingerprint density at radius 3 is 2.45 bits per heavy atom. The average molecular weight is 394 g/mol. The van der Waals surface area contributed by atoms with Crippen molar-refractivity contribution in [1.82, 2.24) is 9.97 Å². The van der Waals surface area contributed by atoms with Gasteiger partial charge in [-0.1, -0.05) is 12.1 Å². The van der Waals surface area contributed by atoms with Crippen LogP contribution >= 0.6 is 0 Å². The van der Waals surface area contributed by atoms with Crippen molar-refractivity contribution in [1.29, 1.82) is 0 Å². The quantitative estimate of drug-likeness (QED) is 0.493. The molecule has 1 aromatic heterocycles. The highest BCUT2D eigenvalue weighted by Crippen LogP contribution is 2.26. The Morgan fingerprint density at radius 1 is 0.931 bits per heavy atom. The fourth-order valence-corrected chi connectivity index (χ4v) is 2.71. The molecule has 0 atom stereocenters. The van der Waals surface area contributed by atoms with Crippen LogP contribution in [0.3, 0.4) is 0 Å². The van der Waals surface area contributed by atoms with E-state index in [0.717, 1.165) is 34.4 Å². The smallest absolute Gasteiger partial charge is 0.229 e. The van der Waals surface area contributed by atoms with Crippen LogP contribution in [0.4, 0.5) is 17.5 Å². The first kappa shape index (κ1) is 20.3. The van der Waals surface area contributed by atoms with Gasteiger partial charge in [0, 0.05) is 11.8 Å². The third-order valence-electron chi connectivity index (χ3n) is 4.02. The van der Waals surface area contributed by atoms with Crippen LogP contribution in [0.5, 0.6) is 17.2 Å². The molecule has 0 aliphatic carbocycles. The second-order valence-corrected chi connectivity index (χ2v) is 6.22. The van der Waals surface area contributed by atoms with Crippen molar-refractivity contribution in [2.24, 2.45) is 0 Å². The number of anilines is 3. The summed E-state index contributed by atoms with van der Waals surface area (Å²) >= 11 is 0. The number of hydrogen-bond donors (Lipinski definition) is 2. The third-order valence-corrected chi connectivity index (χ3v) is 4.02. The summed E-state index contributed by atoms with van der Waals surface area (Å²) in [6.07, 6.45) is 0. The number of para-hydroxylation sites is 2. The molecular weight excluding hydrogens is 368 g/mol. The number of aryl methyl sites for hydroxylation is 1. The molecule has 7 nitrogen and oxygen atoms in total. The van der Waals surface area contributed by atoms with E-state index in [0.29, 0.717) is 25.7 Å². The molecule has 2 aromatic carbocycles. The lowest BCUT2D eigenvalue weighted by atomic mass is 10.3. The van der Waals surface area contributed by atoms with Crippen LogP contribution in [0.1, 0.15) is 12.6 Å². The van der Waals surface area contributed by atoms with Gasteiger partial charge in [-0.05, 0) is 50.2 Å². The zero-order valence-electron chi connectivity index (χ0n) is 16.9. The predicted octanol–water partition coefficient (Wildman–Crippen LogP) is 4.43. The molecule has 0 spiro atoms. The lowest BCUT2D eigenvalue weighted by molar-refractivity contribution is 0.331. The predicted molar refractivity (Wildman–Crippen MR) is 115 cm³/mol.